The minimum atomic E-state index is -0.358. The van der Waals surface area contributed by atoms with Gasteiger partial charge in [0.15, 0.2) is 0 Å². The molecule has 0 atom stereocenters. The van der Waals surface area contributed by atoms with Gasteiger partial charge in [0.05, 0.1) is 12.7 Å². The van der Waals surface area contributed by atoms with Crippen molar-refractivity contribution < 1.29 is 9.53 Å². The molecule has 0 radical (unpaired) electrons. The highest BCUT2D eigenvalue weighted by molar-refractivity contribution is 6.31. The second kappa shape index (κ2) is 4.23. The maximum atomic E-state index is 11.4. The van der Waals surface area contributed by atoms with Crippen LogP contribution in [-0.2, 0) is 10.2 Å². The molecule has 2 nitrogen and oxygen atoms in total. The molecule has 3 heteroatoms. The van der Waals surface area contributed by atoms with Gasteiger partial charge in [0.25, 0.3) is 0 Å². The average molecular weight is 227 g/mol. The fraction of sp³-hybridized carbons (Fsp3) is 0.417. The van der Waals surface area contributed by atoms with Crippen LogP contribution in [0.2, 0.25) is 5.02 Å². The van der Waals surface area contributed by atoms with Gasteiger partial charge in [-0.15, -0.1) is 0 Å². The van der Waals surface area contributed by atoms with Crippen molar-refractivity contribution in [2.24, 2.45) is 0 Å². The molecule has 0 amide bonds. The summed E-state index contributed by atoms with van der Waals surface area (Å²) in [5, 5.41) is 0.558. The van der Waals surface area contributed by atoms with Crippen LogP contribution >= 0.6 is 11.6 Å². The number of carbonyl (C=O) groups excluding carboxylic acids is 1. The molecule has 15 heavy (non-hydrogen) atoms. The van der Waals surface area contributed by atoms with E-state index >= 15 is 0 Å². The van der Waals surface area contributed by atoms with Gasteiger partial charge in [0.1, 0.15) is 0 Å². The molecule has 0 aromatic heterocycles. The number of halogens is 1. The van der Waals surface area contributed by atoms with E-state index < -0.39 is 0 Å². The Morgan fingerprint density at radius 3 is 2.33 bits per heavy atom. The molecule has 0 saturated heterocycles. The summed E-state index contributed by atoms with van der Waals surface area (Å²) in [6, 6.07) is 5.30. The molecule has 0 heterocycles. The first-order valence-corrected chi connectivity index (χ1v) is 5.12. The summed E-state index contributed by atoms with van der Waals surface area (Å²) in [6.07, 6.45) is 0. The lowest BCUT2D eigenvalue weighted by Crippen LogP contribution is -2.13. The van der Waals surface area contributed by atoms with Crippen LogP contribution in [0.25, 0.3) is 0 Å². The van der Waals surface area contributed by atoms with Gasteiger partial charge in [-0.2, -0.15) is 0 Å². The van der Waals surface area contributed by atoms with Gasteiger partial charge < -0.3 is 4.74 Å². The number of carbonyl (C=O) groups is 1. The minimum absolute atomic E-state index is 0.0341. The SMILES string of the molecule is COC(=O)c1cc(Cl)cc(C(C)(C)C)c1. The standard InChI is InChI=1S/C12H15ClO2/c1-12(2,3)9-5-8(11(14)15-4)6-10(13)7-9/h5-7H,1-4H3. The first kappa shape index (κ1) is 12.1. The zero-order valence-corrected chi connectivity index (χ0v) is 10.2. The van der Waals surface area contributed by atoms with Crippen molar-refractivity contribution in [2.75, 3.05) is 7.11 Å². The van der Waals surface area contributed by atoms with E-state index in [1.54, 1.807) is 6.07 Å². The Kier molecular flexibility index (Phi) is 3.40. The third-order valence-corrected chi connectivity index (χ3v) is 2.40. The Labute approximate surface area is 95.2 Å². The lowest BCUT2D eigenvalue weighted by atomic mass is 9.86. The van der Waals surface area contributed by atoms with Crippen molar-refractivity contribution in [2.45, 2.75) is 26.2 Å². The van der Waals surface area contributed by atoms with Gasteiger partial charge in [-0.3, -0.25) is 0 Å². The number of methoxy groups -OCH3 is 1. The number of benzene rings is 1. The first-order chi connectivity index (χ1) is 6.84. The lowest BCUT2D eigenvalue weighted by molar-refractivity contribution is 0.0600. The molecule has 0 aliphatic rings. The van der Waals surface area contributed by atoms with Gasteiger partial charge in [-0.1, -0.05) is 32.4 Å². The maximum absolute atomic E-state index is 11.4. The average Bonchev–Trinajstić information content (AvgIpc) is 2.14. The zero-order chi connectivity index (χ0) is 11.6. The largest absolute Gasteiger partial charge is 0.465 e. The lowest BCUT2D eigenvalue weighted by Gasteiger charge is -2.19. The molecule has 0 aliphatic carbocycles. The number of ether oxygens (including phenoxy) is 1. The molecule has 1 aromatic carbocycles. The van der Waals surface area contributed by atoms with Crippen LogP contribution in [0.3, 0.4) is 0 Å². The maximum Gasteiger partial charge on any atom is 0.337 e. The van der Waals surface area contributed by atoms with E-state index in [0.717, 1.165) is 5.56 Å². The van der Waals surface area contributed by atoms with Crippen LogP contribution in [0.5, 0.6) is 0 Å². The molecule has 0 saturated carbocycles. The highest BCUT2D eigenvalue weighted by Crippen LogP contribution is 2.26. The summed E-state index contributed by atoms with van der Waals surface area (Å²) in [6.45, 7) is 6.21. The third-order valence-electron chi connectivity index (χ3n) is 2.18. The van der Waals surface area contributed by atoms with Crippen molar-refractivity contribution in [1.29, 1.82) is 0 Å². The Balaban J connectivity index is 3.23. The number of rotatable bonds is 1. The molecule has 0 unspecified atom stereocenters. The van der Waals surface area contributed by atoms with Crippen molar-refractivity contribution in [3.8, 4) is 0 Å². The molecule has 0 aliphatic heterocycles. The first-order valence-electron chi connectivity index (χ1n) is 4.74. The minimum Gasteiger partial charge on any atom is -0.465 e. The van der Waals surface area contributed by atoms with E-state index in [1.165, 1.54) is 7.11 Å². The van der Waals surface area contributed by atoms with Crippen LogP contribution in [-0.4, -0.2) is 13.1 Å². The van der Waals surface area contributed by atoms with Crippen LogP contribution in [0, 0.1) is 0 Å². The van der Waals surface area contributed by atoms with Crippen LogP contribution < -0.4 is 0 Å². The van der Waals surface area contributed by atoms with E-state index in [9.17, 15) is 4.79 Å². The second-order valence-corrected chi connectivity index (χ2v) is 4.91. The van der Waals surface area contributed by atoms with Gasteiger partial charge >= 0.3 is 5.97 Å². The summed E-state index contributed by atoms with van der Waals surface area (Å²) in [7, 11) is 1.36. The summed E-state index contributed by atoms with van der Waals surface area (Å²) in [5.41, 5.74) is 1.48. The van der Waals surface area contributed by atoms with Gasteiger partial charge in [0, 0.05) is 5.02 Å². The van der Waals surface area contributed by atoms with Crippen molar-refractivity contribution >= 4 is 17.6 Å². The van der Waals surface area contributed by atoms with Gasteiger partial charge in [0.2, 0.25) is 0 Å². The molecule has 0 spiro atoms. The zero-order valence-electron chi connectivity index (χ0n) is 9.43. The quantitative estimate of drug-likeness (QED) is 0.686. The second-order valence-electron chi connectivity index (χ2n) is 4.47. The Bertz CT molecular complexity index is 378. The highest BCUT2D eigenvalue weighted by Gasteiger charge is 2.17. The van der Waals surface area contributed by atoms with E-state index in [1.807, 2.05) is 12.1 Å². The number of esters is 1. The number of hydrogen-bond donors (Lipinski definition) is 0. The van der Waals surface area contributed by atoms with Crippen LogP contribution in [0.1, 0.15) is 36.7 Å². The van der Waals surface area contributed by atoms with Crippen LogP contribution in [0.4, 0.5) is 0 Å². The fourth-order valence-corrected chi connectivity index (χ4v) is 1.49. The Morgan fingerprint density at radius 2 is 1.87 bits per heavy atom. The predicted molar refractivity (Wildman–Crippen MR) is 61.5 cm³/mol. The van der Waals surface area contributed by atoms with E-state index in [-0.39, 0.29) is 11.4 Å². The summed E-state index contributed by atoms with van der Waals surface area (Å²) in [5.74, 6) is -0.358. The summed E-state index contributed by atoms with van der Waals surface area (Å²) < 4.78 is 4.66. The molecule has 0 fully saturated rings. The molecular formula is C12H15ClO2. The van der Waals surface area contributed by atoms with Gasteiger partial charge in [-0.05, 0) is 29.2 Å². The summed E-state index contributed by atoms with van der Waals surface area (Å²) >= 11 is 5.95. The smallest absolute Gasteiger partial charge is 0.337 e. The van der Waals surface area contributed by atoms with Crippen molar-refractivity contribution in [1.82, 2.24) is 0 Å². The molecule has 1 rings (SSSR count). The Morgan fingerprint density at radius 1 is 1.27 bits per heavy atom. The van der Waals surface area contributed by atoms with E-state index in [2.05, 4.69) is 25.5 Å². The van der Waals surface area contributed by atoms with Crippen molar-refractivity contribution in [3.05, 3.63) is 34.3 Å². The summed E-state index contributed by atoms with van der Waals surface area (Å²) in [4.78, 5) is 11.4. The van der Waals surface area contributed by atoms with E-state index in [4.69, 9.17) is 11.6 Å². The molecule has 0 bridgehead atoms. The van der Waals surface area contributed by atoms with Gasteiger partial charge in [-0.25, -0.2) is 4.79 Å². The predicted octanol–water partition coefficient (Wildman–Crippen LogP) is 3.42. The molecule has 0 N–H and O–H groups in total. The van der Waals surface area contributed by atoms with Crippen molar-refractivity contribution in [3.63, 3.8) is 0 Å². The molecule has 82 valence electrons. The number of hydrogen-bond acceptors (Lipinski definition) is 2. The molecular weight excluding hydrogens is 212 g/mol. The highest BCUT2D eigenvalue weighted by atomic mass is 35.5. The Hall–Kier alpha value is -1.02. The third kappa shape index (κ3) is 2.96. The van der Waals surface area contributed by atoms with E-state index in [0.29, 0.717) is 10.6 Å². The topological polar surface area (TPSA) is 26.3 Å². The fourth-order valence-electron chi connectivity index (χ4n) is 1.26. The van der Waals surface area contributed by atoms with Crippen LogP contribution in [0.15, 0.2) is 18.2 Å². The normalized spacial score (nSPS) is 11.3. The monoisotopic (exact) mass is 226 g/mol. The molecule has 1 aromatic rings.